The Morgan fingerprint density at radius 3 is 2.80 bits per heavy atom. The van der Waals surface area contributed by atoms with E-state index < -0.39 is 0 Å². The number of rotatable bonds is 0. The maximum absolute atomic E-state index is 9.57. The van der Waals surface area contributed by atoms with Gasteiger partial charge in [-0.25, -0.2) is 0 Å². The molecule has 0 aromatic heterocycles. The average Bonchev–Trinajstić information content (AvgIpc) is 2.59. The maximum atomic E-state index is 9.57. The summed E-state index contributed by atoms with van der Waals surface area (Å²) in [5.41, 5.74) is 2.78. The smallest absolute Gasteiger partial charge is 0.115 e. The van der Waals surface area contributed by atoms with Crippen LogP contribution in [0.15, 0.2) is 24.3 Å². The fourth-order valence-corrected chi connectivity index (χ4v) is 2.77. The van der Waals surface area contributed by atoms with Crippen LogP contribution in [-0.2, 0) is 5.41 Å². The predicted molar refractivity (Wildman–Crippen MR) is 60.9 cm³/mol. The van der Waals surface area contributed by atoms with Crippen molar-refractivity contribution in [3.05, 3.63) is 35.4 Å². The molecule has 1 aliphatic heterocycles. The van der Waals surface area contributed by atoms with Crippen molar-refractivity contribution in [2.45, 2.75) is 18.3 Å². The number of fused-ring (bicyclic) bond motifs is 2. The Bertz CT molecular complexity index is 417. The van der Waals surface area contributed by atoms with Gasteiger partial charge in [0, 0.05) is 5.41 Å². The normalized spacial score (nSPS) is 21.9. The summed E-state index contributed by atoms with van der Waals surface area (Å²) in [5.74, 6) is 0.385. The molecule has 0 saturated carbocycles. The van der Waals surface area contributed by atoms with Crippen LogP contribution in [0.25, 0.3) is 6.08 Å². The molecular weight excluding hydrogens is 186 g/mol. The number of phenols is 1. The fraction of sp³-hybridized carbons (Fsp3) is 0.385. The molecule has 1 spiro atoms. The largest absolute Gasteiger partial charge is 0.508 e. The van der Waals surface area contributed by atoms with E-state index in [9.17, 15) is 5.11 Å². The summed E-state index contributed by atoms with van der Waals surface area (Å²) in [6.45, 7) is 2.14. The van der Waals surface area contributed by atoms with E-state index in [1.807, 2.05) is 12.1 Å². The first kappa shape index (κ1) is 8.98. The van der Waals surface area contributed by atoms with Gasteiger partial charge in [-0.15, -0.1) is 0 Å². The average molecular weight is 201 g/mol. The van der Waals surface area contributed by atoms with Crippen molar-refractivity contribution in [2.24, 2.45) is 0 Å². The lowest BCUT2D eigenvalue weighted by Crippen LogP contribution is -2.37. The number of nitrogens with one attached hydrogen (secondary N) is 1. The van der Waals surface area contributed by atoms with Gasteiger partial charge in [0.25, 0.3) is 0 Å². The number of phenolic OH excluding ortho intramolecular Hbond substituents is 1. The molecule has 15 heavy (non-hydrogen) atoms. The van der Waals surface area contributed by atoms with E-state index in [-0.39, 0.29) is 5.41 Å². The minimum Gasteiger partial charge on any atom is -0.508 e. The molecule has 0 unspecified atom stereocenters. The van der Waals surface area contributed by atoms with Crippen LogP contribution < -0.4 is 5.32 Å². The molecule has 1 saturated heterocycles. The van der Waals surface area contributed by atoms with Gasteiger partial charge in [-0.2, -0.15) is 0 Å². The van der Waals surface area contributed by atoms with Gasteiger partial charge in [-0.1, -0.05) is 18.2 Å². The molecule has 2 aliphatic rings. The maximum Gasteiger partial charge on any atom is 0.115 e. The highest BCUT2D eigenvalue weighted by atomic mass is 16.3. The van der Waals surface area contributed by atoms with Gasteiger partial charge in [0.15, 0.2) is 0 Å². The second kappa shape index (κ2) is 3.11. The van der Waals surface area contributed by atoms with E-state index >= 15 is 0 Å². The monoisotopic (exact) mass is 201 g/mol. The van der Waals surface area contributed by atoms with Crippen molar-refractivity contribution < 1.29 is 5.11 Å². The highest BCUT2D eigenvalue weighted by Gasteiger charge is 2.35. The SMILES string of the molecule is Oc1ccc2c(c1)C1(C=C2)CCNCC1. The number of allylic oxidation sites excluding steroid dienone is 1. The highest BCUT2D eigenvalue weighted by molar-refractivity contribution is 5.66. The van der Waals surface area contributed by atoms with Crippen LogP contribution in [0, 0.1) is 0 Å². The van der Waals surface area contributed by atoms with Gasteiger partial charge < -0.3 is 10.4 Å². The molecule has 3 rings (SSSR count). The Labute approximate surface area is 89.6 Å². The molecule has 1 aliphatic carbocycles. The fourth-order valence-electron chi connectivity index (χ4n) is 2.77. The van der Waals surface area contributed by atoms with Crippen LogP contribution in [0.5, 0.6) is 5.75 Å². The van der Waals surface area contributed by atoms with Crippen molar-refractivity contribution >= 4 is 6.08 Å². The van der Waals surface area contributed by atoms with E-state index in [2.05, 4.69) is 17.5 Å². The zero-order valence-corrected chi connectivity index (χ0v) is 8.66. The van der Waals surface area contributed by atoms with Crippen LogP contribution in [-0.4, -0.2) is 18.2 Å². The van der Waals surface area contributed by atoms with Crippen molar-refractivity contribution in [3.8, 4) is 5.75 Å². The Kier molecular flexibility index (Phi) is 1.86. The molecule has 1 aromatic rings. The van der Waals surface area contributed by atoms with Gasteiger partial charge >= 0.3 is 0 Å². The van der Waals surface area contributed by atoms with Gasteiger partial charge in [0.1, 0.15) is 5.75 Å². The number of piperidine rings is 1. The van der Waals surface area contributed by atoms with E-state index in [0.717, 1.165) is 25.9 Å². The zero-order valence-electron chi connectivity index (χ0n) is 8.66. The quantitative estimate of drug-likeness (QED) is 0.673. The Hall–Kier alpha value is -1.28. The predicted octanol–water partition coefficient (Wildman–Crippen LogP) is 2.04. The molecule has 2 N–H and O–H groups in total. The zero-order chi connectivity index (χ0) is 10.3. The standard InChI is InChI=1S/C13H15NO/c15-11-2-1-10-3-4-13(12(10)9-11)5-7-14-8-6-13/h1-4,9,14-15H,5-8H2. The Morgan fingerprint density at radius 2 is 2.00 bits per heavy atom. The van der Waals surface area contributed by atoms with Gasteiger partial charge in [0.05, 0.1) is 0 Å². The van der Waals surface area contributed by atoms with E-state index in [0.29, 0.717) is 5.75 Å². The number of aromatic hydroxyl groups is 1. The van der Waals surface area contributed by atoms with Crippen LogP contribution in [0.2, 0.25) is 0 Å². The molecule has 1 aromatic carbocycles. The third-order valence-electron chi connectivity index (χ3n) is 3.65. The molecule has 2 nitrogen and oxygen atoms in total. The number of hydrogen-bond acceptors (Lipinski definition) is 2. The first-order valence-corrected chi connectivity index (χ1v) is 5.54. The van der Waals surface area contributed by atoms with Crippen LogP contribution in [0.4, 0.5) is 0 Å². The van der Waals surface area contributed by atoms with Crippen molar-refractivity contribution in [3.63, 3.8) is 0 Å². The van der Waals surface area contributed by atoms with Crippen molar-refractivity contribution in [2.75, 3.05) is 13.1 Å². The van der Waals surface area contributed by atoms with Gasteiger partial charge in [-0.05, 0) is 49.2 Å². The molecular formula is C13H15NO. The second-order valence-corrected chi connectivity index (χ2v) is 4.51. The summed E-state index contributed by atoms with van der Waals surface area (Å²) < 4.78 is 0. The summed E-state index contributed by atoms with van der Waals surface area (Å²) in [5, 5.41) is 13.0. The number of hydrogen-bond donors (Lipinski definition) is 2. The summed E-state index contributed by atoms with van der Waals surface area (Å²) in [6.07, 6.45) is 6.79. The highest BCUT2D eigenvalue weighted by Crippen LogP contribution is 2.43. The van der Waals surface area contributed by atoms with E-state index in [1.54, 1.807) is 6.07 Å². The summed E-state index contributed by atoms with van der Waals surface area (Å²) in [4.78, 5) is 0. The van der Waals surface area contributed by atoms with Crippen molar-refractivity contribution in [1.82, 2.24) is 5.32 Å². The van der Waals surface area contributed by atoms with Crippen LogP contribution in [0.3, 0.4) is 0 Å². The molecule has 1 heterocycles. The third-order valence-corrected chi connectivity index (χ3v) is 3.65. The van der Waals surface area contributed by atoms with E-state index in [4.69, 9.17) is 0 Å². The van der Waals surface area contributed by atoms with Gasteiger partial charge in [0.2, 0.25) is 0 Å². The molecule has 0 atom stereocenters. The Morgan fingerprint density at radius 1 is 1.20 bits per heavy atom. The van der Waals surface area contributed by atoms with Crippen molar-refractivity contribution in [1.29, 1.82) is 0 Å². The molecule has 0 amide bonds. The lowest BCUT2D eigenvalue weighted by Gasteiger charge is -2.33. The molecule has 1 fully saturated rings. The van der Waals surface area contributed by atoms with E-state index in [1.165, 1.54) is 11.1 Å². The minimum absolute atomic E-state index is 0.194. The molecule has 0 radical (unpaired) electrons. The van der Waals surface area contributed by atoms with Gasteiger partial charge in [-0.3, -0.25) is 0 Å². The summed E-state index contributed by atoms with van der Waals surface area (Å²) in [7, 11) is 0. The third kappa shape index (κ3) is 1.29. The van der Waals surface area contributed by atoms with Crippen LogP contribution >= 0.6 is 0 Å². The lowest BCUT2D eigenvalue weighted by molar-refractivity contribution is 0.376. The first-order valence-electron chi connectivity index (χ1n) is 5.54. The molecule has 2 heteroatoms. The second-order valence-electron chi connectivity index (χ2n) is 4.51. The summed E-state index contributed by atoms with van der Waals surface area (Å²) in [6, 6.07) is 5.71. The lowest BCUT2D eigenvalue weighted by atomic mass is 9.75. The first-order chi connectivity index (χ1) is 7.30. The molecule has 78 valence electrons. The number of benzene rings is 1. The summed E-state index contributed by atoms with van der Waals surface area (Å²) >= 11 is 0. The minimum atomic E-state index is 0.194. The topological polar surface area (TPSA) is 32.3 Å². The van der Waals surface area contributed by atoms with Crippen LogP contribution in [0.1, 0.15) is 24.0 Å². The Balaban J connectivity index is 2.09. The molecule has 0 bridgehead atoms.